The van der Waals surface area contributed by atoms with Crippen LogP contribution in [0.25, 0.3) is 5.69 Å². The highest BCUT2D eigenvalue weighted by Crippen LogP contribution is 2.27. The molecule has 1 aromatic carbocycles. The van der Waals surface area contributed by atoms with Gasteiger partial charge in [-0.25, -0.2) is 4.98 Å². The molecule has 1 aromatic heterocycles. The number of hydrogen-bond donors (Lipinski definition) is 0. The van der Waals surface area contributed by atoms with Gasteiger partial charge in [-0.05, 0) is 12.1 Å². The molecule has 0 saturated heterocycles. The predicted octanol–water partition coefficient (Wildman–Crippen LogP) is 2.18. The number of imidazole rings is 1. The molecule has 0 unspecified atom stereocenters. The quantitative estimate of drug-likeness (QED) is 0.615. The smallest absolute Gasteiger partial charge is 0.283 e. The van der Waals surface area contributed by atoms with E-state index >= 15 is 0 Å². The average molecular weight is 274 g/mol. The fourth-order valence-corrected chi connectivity index (χ4v) is 1.73. The average Bonchev–Trinajstić information content (AvgIpc) is 2.80. The molecule has 0 fully saturated rings. The highest BCUT2D eigenvalue weighted by atomic mass is 35.5. The monoisotopic (exact) mass is 273 g/mol. The van der Waals surface area contributed by atoms with Gasteiger partial charge in [-0.3, -0.25) is 14.7 Å². The van der Waals surface area contributed by atoms with Crippen molar-refractivity contribution in [2.45, 2.75) is 0 Å². The molecule has 0 amide bonds. The molecule has 0 N–H and O–H groups in total. The van der Waals surface area contributed by atoms with E-state index in [2.05, 4.69) is 4.98 Å². The number of rotatable bonds is 2. The van der Waals surface area contributed by atoms with Crippen LogP contribution in [0, 0.1) is 32.8 Å². The summed E-state index contributed by atoms with van der Waals surface area (Å²) in [5.74, 6) is 0. The van der Waals surface area contributed by atoms with Gasteiger partial charge in [0.2, 0.25) is 0 Å². The van der Waals surface area contributed by atoms with Crippen molar-refractivity contribution in [3.63, 3.8) is 0 Å². The van der Waals surface area contributed by atoms with Gasteiger partial charge in [-0.1, -0.05) is 11.6 Å². The first-order chi connectivity index (χ1) is 9.08. The molecule has 1 heterocycles. The summed E-state index contributed by atoms with van der Waals surface area (Å²) in [6.07, 6.45) is 1.18. The van der Waals surface area contributed by atoms with Gasteiger partial charge in [0.25, 0.3) is 5.69 Å². The molecule has 0 bridgehead atoms. The molecule has 0 spiro atoms. The number of hydrogen-bond acceptors (Lipinski definition) is 5. The first kappa shape index (κ1) is 12.6. The van der Waals surface area contributed by atoms with Gasteiger partial charge in [0, 0.05) is 11.1 Å². The molecule has 92 valence electrons. The van der Waals surface area contributed by atoms with Crippen molar-refractivity contribution in [2.24, 2.45) is 0 Å². The van der Waals surface area contributed by atoms with Crippen LogP contribution in [0.15, 0.2) is 24.5 Å². The van der Waals surface area contributed by atoms with Crippen molar-refractivity contribution < 1.29 is 4.92 Å². The summed E-state index contributed by atoms with van der Waals surface area (Å²) < 4.78 is 1.17. The van der Waals surface area contributed by atoms with Crippen molar-refractivity contribution in [1.29, 1.82) is 10.5 Å². The third kappa shape index (κ3) is 2.10. The van der Waals surface area contributed by atoms with Crippen LogP contribution >= 0.6 is 11.6 Å². The minimum Gasteiger partial charge on any atom is -0.283 e. The number of aromatic nitrogens is 2. The van der Waals surface area contributed by atoms with Gasteiger partial charge in [-0.15, -0.1) is 0 Å². The summed E-state index contributed by atoms with van der Waals surface area (Å²) in [7, 11) is 0. The van der Waals surface area contributed by atoms with Crippen LogP contribution in [0.5, 0.6) is 0 Å². The maximum atomic E-state index is 11.0. The minimum atomic E-state index is -0.598. The minimum absolute atomic E-state index is 0.0760. The number of nitro benzene ring substituents is 1. The van der Waals surface area contributed by atoms with E-state index in [1.165, 1.54) is 29.1 Å². The standard InChI is InChI=1S/C11H4ClN5O2/c12-7-1-2-9(17(18)19)10(3-7)16-6-15-8(4-13)11(16)5-14/h1-3,6H. The Kier molecular flexibility index (Phi) is 3.15. The Morgan fingerprint density at radius 1 is 1.37 bits per heavy atom. The lowest BCUT2D eigenvalue weighted by atomic mass is 10.2. The Bertz CT molecular complexity index is 753. The summed E-state index contributed by atoms with van der Waals surface area (Å²) >= 11 is 5.80. The number of nitrogens with zero attached hydrogens (tertiary/aromatic N) is 5. The maximum Gasteiger partial charge on any atom is 0.293 e. The van der Waals surface area contributed by atoms with Crippen LogP contribution in [0.3, 0.4) is 0 Å². The van der Waals surface area contributed by atoms with E-state index in [1.54, 1.807) is 12.1 Å². The Morgan fingerprint density at radius 2 is 2.11 bits per heavy atom. The van der Waals surface area contributed by atoms with Crippen LogP contribution in [0.2, 0.25) is 5.02 Å². The second-order valence-corrected chi connectivity index (χ2v) is 3.86. The molecule has 0 aliphatic carbocycles. The van der Waals surface area contributed by atoms with Gasteiger partial charge < -0.3 is 0 Å². The topological polar surface area (TPSA) is 109 Å². The van der Waals surface area contributed by atoms with Gasteiger partial charge in [-0.2, -0.15) is 10.5 Å². The zero-order valence-electron chi connectivity index (χ0n) is 9.24. The third-order valence-electron chi connectivity index (χ3n) is 2.37. The Morgan fingerprint density at radius 3 is 2.68 bits per heavy atom. The van der Waals surface area contributed by atoms with Gasteiger partial charge in [0.15, 0.2) is 11.4 Å². The molecule has 2 aromatic rings. The molecule has 2 rings (SSSR count). The van der Waals surface area contributed by atoms with Crippen molar-refractivity contribution in [1.82, 2.24) is 9.55 Å². The lowest BCUT2D eigenvalue weighted by molar-refractivity contribution is -0.384. The predicted molar refractivity (Wildman–Crippen MR) is 64.7 cm³/mol. The number of nitro groups is 1. The van der Waals surface area contributed by atoms with E-state index in [4.69, 9.17) is 22.1 Å². The zero-order chi connectivity index (χ0) is 14.0. The van der Waals surface area contributed by atoms with Crippen LogP contribution in [0.4, 0.5) is 5.69 Å². The van der Waals surface area contributed by atoms with Crippen LogP contribution in [-0.4, -0.2) is 14.5 Å². The van der Waals surface area contributed by atoms with Crippen molar-refractivity contribution >= 4 is 17.3 Å². The van der Waals surface area contributed by atoms with E-state index in [-0.39, 0.29) is 27.8 Å². The lowest BCUT2D eigenvalue weighted by Gasteiger charge is -2.05. The molecule has 0 aliphatic heterocycles. The zero-order valence-corrected chi connectivity index (χ0v) is 10.00. The summed E-state index contributed by atoms with van der Waals surface area (Å²) in [6.45, 7) is 0. The fraction of sp³-hybridized carbons (Fsp3) is 0. The van der Waals surface area contributed by atoms with E-state index in [0.29, 0.717) is 0 Å². The number of benzene rings is 1. The maximum absolute atomic E-state index is 11.0. The molecule has 8 heteroatoms. The first-order valence-electron chi connectivity index (χ1n) is 4.90. The lowest BCUT2D eigenvalue weighted by Crippen LogP contribution is -2.01. The van der Waals surface area contributed by atoms with Gasteiger partial charge in [0.1, 0.15) is 24.2 Å². The van der Waals surface area contributed by atoms with Gasteiger partial charge in [0.05, 0.1) is 4.92 Å². The number of halogens is 1. The molecule has 0 radical (unpaired) electrons. The third-order valence-corrected chi connectivity index (χ3v) is 2.61. The fourth-order valence-electron chi connectivity index (χ4n) is 1.56. The van der Waals surface area contributed by atoms with Crippen LogP contribution < -0.4 is 0 Å². The largest absolute Gasteiger partial charge is 0.293 e. The highest BCUT2D eigenvalue weighted by Gasteiger charge is 2.20. The molecule has 0 aliphatic rings. The van der Waals surface area contributed by atoms with Crippen molar-refractivity contribution in [3.05, 3.63) is 51.1 Å². The van der Waals surface area contributed by atoms with E-state index in [9.17, 15) is 10.1 Å². The second-order valence-electron chi connectivity index (χ2n) is 3.43. The Labute approximate surface area is 112 Å². The normalized spacial score (nSPS) is 9.63. The molecule has 0 atom stereocenters. The van der Waals surface area contributed by atoms with Crippen LogP contribution in [-0.2, 0) is 0 Å². The van der Waals surface area contributed by atoms with E-state index < -0.39 is 4.92 Å². The van der Waals surface area contributed by atoms with Gasteiger partial charge >= 0.3 is 0 Å². The molecular formula is C11H4ClN5O2. The van der Waals surface area contributed by atoms with Crippen molar-refractivity contribution in [3.8, 4) is 17.8 Å². The SMILES string of the molecule is N#Cc1ncn(-c2cc(Cl)ccc2[N+](=O)[O-])c1C#N. The van der Waals surface area contributed by atoms with E-state index in [0.717, 1.165) is 0 Å². The van der Waals surface area contributed by atoms with Crippen molar-refractivity contribution in [2.75, 3.05) is 0 Å². The first-order valence-corrected chi connectivity index (χ1v) is 5.28. The highest BCUT2D eigenvalue weighted by molar-refractivity contribution is 6.30. The molecular weight excluding hydrogens is 270 g/mol. The summed E-state index contributed by atoms with van der Waals surface area (Å²) in [5.41, 5.74) is -0.324. The molecule has 0 saturated carbocycles. The summed E-state index contributed by atoms with van der Waals surface area (Å²) in [6, 6.07) is 7.47. The Balaban J connectivity index is 2.76. The molecule has 7 nitrogen and oxygen atoms in total. The second kappa shape index (κ2) is 4.77. The Hall–Kier alpha value is -2.90. The number of nitriles is 2. The van der Waals surface area contributed by atoms with E-state index in [1.807, 2.05) is 0 Å². The van der Waals surface area contributed by atoms with Crippen LogP contribution in [0.1, 0.15) is 11.4 Å². The summed E-state index contributed by atoms with van der Waals surface area (Å²) in [4.78, 5) is 14.1. The summed E-state index contributed by atoms with van der Waals surface area (Å²) in [5, 5.41) is 29.1. The molecule has 19 heavy (non-hydrogen) atoms.